The van der Waals surface area contributed by atoms with Crippen molar-refractivity contribution in [2.24, 2.45) is 0 Å². The van der Waals surface area contributed by atoms with Crippen LogP contribution in [0.15, 0.2) is 24.3 Å². The summed E-state index contributed by atoms with van der Waals surface area (Å²) < 4.78 is 5.69. The molecule has 0 heterocycles. The normalized spacial score (nSPS) is 10.4. The molecule has 0 N–H and O–H groups in total. The molecule has 0 aliphatic carbocycles. The molecule has 0 amide bonds. The van der Waals surface area contributed by atoms with Crippen molar-refractivity contribution in [1.29, 1.82) is 5.26 Å². The van der Waals surface area contributed by atoms with Crippen molar-refractivity contribution < 1.29 is 4.74 Å². The number of hydrogen-bond acceptors (Lipinski definition) is 2. The Labute approximate surface area is 142 Å². The second-order valence-electron chi connectivity index (χ2n) is 6.37. The average Bonchev–Trinajstić information content (AvgIpc) is 2.59. The Kier molecular flexibility index (Phi) is 12.0. The van der Waals surface area contributed by atoms with Crippen LogP contribution in [0.4, 0.5) is 0 Å². The Bertz CT molecular complexity index is 418. The first-order chi connectivity index (χ1) is 11.4. The maximum Gasteiger partial charge on any atom is 0.119 e. The van der Waals surface area contributed by atoms with E-state index in [2.05, 4.69) is 13.0 Å². The van der Waals surface area contributed by atoms with Crippen molar-refractivity contribution in [3.05, 3.63) is 29.8 Å². The van der Waals surface area contributed by atoms with Gasteiger partial charge < -0.3 is 4.74 Å². The molecule has 0 aromatic heterocycles. The van der Waals surface area contributed by atoms with Gasteiger partial charge in [0, 0.05) is 0 Å². The largest absolute Gasteiger partial charge is 0.494 e. The molecule has 0 fully saturated rings. The maximum atomic E-state index is 8.74. The number of ether oxygens (including phenoxy) is 1. The predicted octanol–water partition coefficient (Wildman–Crippen LogP) is 6.64. The second-order valence-corrected chi connectivity index (χ2v) is 6.37. The quantitative estimate of drug-likeness (QED) is 0.360. The van der Waals surface area contributed by atoms with Gasteiger partial charge >= 0.3 is 0 Å². The first kappa shape index (κ1) is 19.6. The van der Waals surface area contributed by atoms with Crippen molar-refractivity contribution in [1.82, 2.24) is 0 Å². The number of rotatable bonds is 14. The molecule has 128 valence electrons. The number of nitriles is 1. The molecule has 0 bridgehead atoms. The van der Waals surface area contributed by atoms with Crippen LogP contribution in [0.3, 0.4) is 0 Å². The lowest BCUT2D eigenvalue weighted by molar-refractivity contribution is 0.304. The van der Waals surface area contributed by atoms with E-state index < -0.39 is 0 Å². The fourth-order valence-corrected chi connectivity index (χ4v) is 2.76. The van der Waals surface area contributed by atoms with Crippen LogP contribution in [0.2, 0.25) is 0 Å². The molecule has 0 spiro atoms. The topological polar surface area (TPSA) is 33.0 Å². The molecule has 0 unspecified atom stereocenters. The van der Waals surface area contributed by atoms with E-state index in [-0.39, 0.29) is 0 Å². The summed E-state index contributed by atoms with van der Waals surface area (Å²) in [4.78, 5) is 0. The zero-order valence-electron chi connectivity index (χ0n) is 14.9. The van der Waals surface area contributed by atoms with Gasteiger partial charge in [-0.2, -0.15) is 5.26 Å². The number of unbranched alkanes of at least 4 members (excludes halogenated alkanes) is 11. The van der Waals surface area contributed by atoms with Crippen LogP contribution in [0, 0.1) is 11.3 Å². The minimum atomic E-state index is 0.683. The van der Waals surface area contributed by atoms with E-state index in [0.29, 0.717) is 5.56 Å². The van der Waals surface area contributed by atoms with Gasteiger partial charge in [-0.05, 0) is 30.7 Å². The monoisotopic (exact) mass is 315 g/mol. The second kappa shape index (κ2) is 14.1. The molecule has 0 atom stereocenters. The smallest absolute Gasteiger partial charge is 0.119 e. The van der Waals surface area contributed by atoms with E-state index in [9.17, 15) is 0 Å². The highest BCUT2D eigenvalue weighted by atomic mass is 16.5. The highest BCUT2D eigenvalue weighted by molar-refractivity contribution is 5.34. The predicted molar refractivity (Wildman–Crippen MR) is 97.7 cm³/mol. The van der Waals surface area contributed by atoms with E-state index in [0.717, 1.165) is 18.8 Å². The molecule has 0 saturated heterocycles. The summed E-state index contributed by atoms with van der Waals surface area (Å²) in [7, 11) is 0. The molecular weight excluding hydrogens is 282 g/mol. The maximum absolute atomic E-state index is 8.74. The van der Waals surface area contributed by atoms with E-state index in [1.54, 1.807) is 12.1 Å². The van der Waals surface area contributed by atoms with Gasteiger partial charge in [0.15, 0.2) is 0 Å². The Balaban J connectivity index is 1.83. The summed E-state index contributed by atoms with van der Waals surface area (Å²) in [5, 5.41) is 8.74. The van der Waals surface area contributed by atoms with Crippen molar-refractivity contribution >= 4 is 0 Å². The Morgan fingerprint density at radius 1 is 0.739 bits per heavy atom. The van der Waals surface area contributed by atoms with Crippen LogP contribution in [0.5, 0.6) is 5.75 Å². The van der Waals surface area contributed by atoms with Crippen LogP contribution in [-0.4, -0.2) is 6.61 Å². The molecule has 1 aromatic rings. The van der Waals surface area contributed by atoms with E-state index >= 15 is 0 Å². The van der Waals surface area contributed by atoms with Crippen LogP contribution < -0.4 is 4.74 Å². The van der Waals surface area contributed by atoms with Gasteiger partial charge in [0.25, 0.3) is 0 Å². The number of nitrogens with zero attached hydrogens (tertiary/aromatic N) is 1. The Morgan fingerprint density at radius 2 is 1.22 bits per heavy atom. The standard InChI is InChI=1S/C21H33NO/c1-2-3-4-5-6-7-8-9-10-11-12-13-18-23-21-16-14-20(19-22)15-17-21/h14-17H,2-13,18H2,1H3. The highest BCUT2D eigenvalue weighted by Crippen LogP contribution is 2.14. The molecule has 23 heavy (non-hydrogen) atoms. The van der Waals surface area contributed by atoms with Gasteiger partial charge in [0.1, 0.15) is 5.75 Å². The van der Waals surface area contributed by atoms with Gasteiger partial charge in [-0.25, -0.2) is 0 Å². The van der Waals surface area contributed by atoms with Crippen LogP contribution in [-0.2, 0) is 0 Å². The molecule has 2 nitrogen and oxygen atoms in total. The molecule has 1 rings (SSSR count). The molecule has 0 saturated carbocycles. The zero-order valence-corrected chi connectivity index (χ0v) is 14.9. The van der Waals surface area contributed by atoms with Crippen molar-refractivity contribution in [3.8, 4) is 11.8 Å². The van der Waals surface area contributed by atoms with Gasteiger partial charge in [-0.3, -0.25) is 0 Å². The minimum absolute atomic E-state index is 0.683. The zero-order chi connectivity index (χ0) is 16.6. The van der Waals surface area contributed by atoms with Crippen LogP contribution in [0.1, 0.15) is 89.5 Å². The summed E-state index contributed by atoms with van der Waals surface area (Å²) >= 11 is 0. The number of hydrogen-bond donors (Lipinski definition) is 0. The average molecular weight is 316 g/mol. The van der Waals surface area contributed by atoms with Crippen LogP contribution in [0.25, 0.3) is 0 Å². The lowest BCUT2D eigenvalue weighted by Crippen LogP contribution is -1.97. The van der Waals surface area contributed by atoms with Gasteiger partial charge in [0.05, 0.1) is 18.2 Å². The lowest BCUT2D eigenvalue weighted by atomic mass is 10.1. The molecule has 2 heteroatoms. The molecule has 0 aliphatic heterocycles. The molecule has 0 aliphatic rings. The third-order valence-corrected chi connectivity index (χ3v) is 4.25. The third kappa shape index (κ3) is 10.8. The first-order valence-corrected chi connectivity index (χ1v) is 9.49. The van der Waals surface area contributed by atoms with Crippen molar-refractivity contribution in [2.45, 2.75) is 84.0 Å². The van der Waals surface area contributed by atoms with Crippen molar-refractivity contribution in [2.75, 3.05) is 6.61 Å². The highest BCUT2D eigenvalue weighted by Gasteiger charge is 1.96. The van der Waals surface area contributed by atoms with E-state index in [1.165, 1.54) is 70.6 Å². The fraction of sp³-hybridized carbons (Fsp3) is 0.667. The number of benzene rings is 1. The fourth-order valence-electron chi connectivity index (χ4n) is 2.76. The summed E-state index contributed by atoms with van der Waals surface area (Å²) in [6.07, 6.45) is 16.3. The first-order valence-electron chi connectivity index (χ1n) is 9.49. The SMILES string of the molecule is CCCCCCCCCCCCCCOc1ccc(C#N)cc1. The summed E-state index contributed by atoms with van der Waals surface area (Å²) in [6, 6.07) is 9.47. The van der Waals surface area contributed by atoms with Crippen LogP contribution >= 0.6 is 0 Å². The lowest BCUT2D eigenvalue weighted by Gasteiger charge is -2.06. The van der Waals surface area contributed by atoms with Gasteiger partial charge in [-0.1, -0.05) is 77.6 Å². The molecule has 1 aromatic carbocycles. The molecule has 0 radical (unpaired) electrons. The van der Waals surface area contributed by atoms with E-state index in [1.807, 2.05) is 12.1 Å². The Morgan fingerprint density at radius 3 is 1.70 bits per heavy atom. The minimum Gasteiger partial charge on any atom is -0.494 e. The van der Waals surface area contributed by atoms with E-state index in [4.69, 9.17) is 10.00 Å². The summed E-state index contributed by atoms with van der Waals surface area (Å²) in [5.41, 5.74) is 0.683. The Hall–Kier alpha value is -1.49. The van der Waals surface area contributed by atoms with Gasteiger partial charge in [0.2, 0.25) is 0 Å². The third-order valence-electron chi connectivity index (χ3n) is 4.25. The summed E-state index contributed by atoms with van der Waals surface area (Å²) in [6.45, 7) is 3.05. The molecular formula is C21H33NO. The van der Waals surface area contributed by atoms with Gasteiger partial charge in [-0.15, -0.1) is 0 Å². The van der Waals surface area contributed by atoms with Crippen molar-refractivity contribution in [3.63, 3.8) is 0 Å². The summed E-state index contributed by atoms with van der Waals surface area (Å²) in [5.74, 6) is 0.868.